The van der Waals surface area contributed by atoms with E-state index in [1.54, 1.807) is 9.58 Å². The largest absolute Gasteiger partial charge is 0.342 e. The van der Waals surface area contributed by atoms with Crippen molar-refractivity contribution < 1.29 is 9.59 Å². The van der Waals surface area contributed by atoms with E-state index in [1.165, 1.54) is 6.33 Å². The van der Waals surface area contributed by atoms with Crippen LogP contribution in [0.15, 0.2) is 6.33 Å². The second kappa shape index (κ2) is 4.88. The summed E-state index contributed by atoms with van der Waals surface area (Å²) in [4.78, 5) is 30.0. The molecular weight excluding hydrogens is 258 g/mol. The van der Waals surface area contributed by atoms with E-state index in [-0.39, 0.29) is 30.4 Å². The Hall–Kier alpha value is -1.92. The molecule has 0 aromatic carbocycles. The van der Waals surface area contributed by atoms with Gasteiger partial charge in [-0.1, -0.05) is 0 Å². The molecular formula is C13H19N5O2. The SMILES string of the molecule is CC(C)n1ncnc1CN1CC(=O)NC(C2CC2)C1=O. The average Bonchev–Trinajstić information content (AvgIpc) is 3.12. The van der Waals surface area contributed by atoms with Gasteiger partial charge >= 0.3 is 0 Å². The molecule has 0 spiro atoms. The molecule has 1 aliphatic carbocycles. The smallest absolute Gasteiger partial charge is 0.246 e. The van der Waals surface area contributed by atoms with Crippen LogP contribution >= 0.6 is 0 Å². The molecule has 7 nitrogen and oxygen atoms in total. The van der Waals surface area contributed by atoms with E-state index in [9.17, 15) is 9.59 Å². The number of hydrogen-bond donors (Lipinski definition) is 1. The van der Waals surface area contributed by atoms with Gasteiger partial charge in [0.25, 0.3) is 0 Å². The van der Waals surface area contributed by atoms with E-state index < -0.39 is 0 Å². The van der Waals surface area contributed by atoms with Gasteiger partial charge in [0.15, 0.2) is 0 Å². The third kappa shape index (κ3) is 2.39. The molecule has 2 aliphatic rings. The molecule has 2 fully saturated rings. The molecule has 1 aromatic heterocycles. The maximum atomic E-state index is 12.4. The number of hydrogen-bond acceptors (Lipinski definition) is 4. The summed E-state index contributed by atoms with van der Waals surface area (Å²) in [5.41, 5.74) is 0. The summed E-state index contributed by atoms with van der Waals surface area (Å²) in [7, 11) is 0. The molecule has 3 rings (SSSR count). The highest BCUT2D eigenvalue weighted by Crippen LogP contribution is 2.34. The van der Waals surface area contributed by atoms with Crippen molar-refractivity contribution in [1.29, 1.82) is 0 Å². The van der Waals surface area contributed by atoms with E-state index >= 15 is 0 Å². The Morgan fingerprint density at radius 3 is 2.80 bits per heavy atom. The topological polar surface area (TPSA) is 80.1 Å². The lowest BCUT2D eigenvalue weighted by Gasteiger charge is -2.32. The summed E-state index contributed by atoms with van der Waals surface area (Å²) >= 11 is 0. The highest BCUT2D eigenvalue weighted by molar-refractivity contribution is 5.95. The standard InChI is InChI=1S/C13H19N5O2/c1-8(2)18-10(14-7-15-18)5-17-6-11(19)16-12(13(17)20)9-3-4-9/h7-9,12H,3-6H2,1-2H3,(H,16,19). The van der Waals surface area contributed by atoms with Crippen LogP contribution in [0.3, 0.4) is 0 Å². The minimum Gasteiger partial charge on any atom is -0.342 e. The van der Waals surface area contributed by atoms with Crippen molar-refractivity contribution in [1.82, 2.24) is 25.0 Å². The van der Waals surface area contributed by atoms with Crippen LogP contribution in [-0.2, 0) is 16.1 Å². The number of carbonyl (C=O) groups excluding carboxylic acids is 2. The van der Waals surface area contributed by atoms with Crippen LogP contribution < -0.4 is 5.32 Å². The molecule has 1 aromatic rings. The van der Waals surface area contributed by atoms with Crippen LogP contribution in [-0.4, -0.2) is 44.1 Å². The quantitative estimate of drug-likeness (QED) is 0.846. The lowest BCUT2D eigenvalue weighted by molar-refractivity contribution is -0.145. The van der Waals surface area contributed by atoms with Gasteiger partial charge in [0, 0.05) is 6.04 Å². The monoisotopic (exact) mass is 277 g/mol. The number of carbonyl (C=O) groups is 2. The van der Waals surface area contributed by atoms with Gasteiger partial charge in [-0.05, 0) is 32.6 Å². The Morgan fingerprint density at radius 1 is 1.40 bits per heavy atom. The molecule has 1 N–H and O–H groups in total. The molecule has 1 atom stereocenters. The lowest BCUT2D eigenvalue weighted by atomic mass is 10.1. The van der Waals surface area contributed by atoms with E-state index in [0.717, 1.165) is 18.7 Å². The zero-order valence-electron chi connectivity index (χ0n) is 11.7. The summed E-state index contributed by atoms with van der Waals surface area (Å²) in [6, 6.07) is -0.160. The van der Waals surface area contributed by atoms with Gasteiger partial charge < -0.3 is 10.2 Å². The van der Waals surface area contributed by atoms with Gasteiger partial charge in [-0.25, -0.2) is 9.67 Å². The summed E-state index contributed by atoms with van der Waals surface area (Å²) in [6.45, 7) is 4.46. The highest BCUT2D eigenvalue weighted by Gasteiger charge is 2.42. The molecule has 1 unspecified atom stereocenters. The lowest BCUT2D eigenvalue weighted by Crippen LogP contribution is -2.58. The number of amides is 2. The first-order chi connectivity index (χ1) is 9.56. The van der Waals surface area contributed by atoms with Gasteiger partial charge in [-0.2, -0.15) is 5.10 Å². The summed E-state index contributed by atoms with van der Waals surface area (Å²) in [5.74, 6) is 0.956. The van der Waals surface area contributed by atoms with Crippen molar-refractivity contribution in [2.75, 3.05) is 6.54 Å². The first kappa shape index (κ1) is 13.1. The molecule has 1 saturated carbocycles. The van der Waals surface area contributed by atoms with E-state index in [4.69, 9.17) is 0 Å². The number of piperazine rings is 1. The highest BCUT2D eigenvalue weighted by atomic mass is 16.2. The first-order valence-electron chi connectivity index (χ1n) is 7.03. The Labute approximate surface area is 117 Å². The van der Waals surface area contributed by atoms with Gasteiger partial charge in [0.2, 0.25) is 11.8 Å². The molecule has 20 heavy (non-hydrogen) atoms. The Morgan fingerprint density at radius 2 is 2.15 bits per heavy atom. The van der Waals surface area contributed by atoms with Crippen molar-refractivity contribution in [2.24, 2.45) is 5.92 Å². The van der Waals surface area contributed by atoms with Crippen molar-refractivity contribution >= 4 is 11.8 Å². The summed E-state index contributed by atoms with van der Waals surface area (Å²) < 4.78 is 1.78. The second-order valence-electron chi connectivity index (χ2n) is 5.79. The van der Waals surface area contributed by atoms with E-state index in [2.05, 4.69) is 15.4 Å². The average molecular weight is 277 g/mol. The Kier molecular flexibility index (Phi) is 3.19. The van der Waals surface area contributed by atoms with Crippen LogP contribution in [0.4, 0.5) is 0 Å². The van der Waals surface area contributed by atoms with Crippen LogP contribution in [0.2, 0.25) is 0 Å². The summed E-state index contributed by atoms with van der Waals surface area (Å²) in [5, 5.41) is 6.96. The predicted molar refractivity (Wildman–Crippen MR) is 70.5 cm³/mol. The minimum absolute atomic E-state index is 0.00501. The van der Waals surface area contributed by atoms with E-state index in [0.29, 0.717) is 12.5 Å². The first-order valence-corrected chi connectivity index (χ1v) is 7.03. The summed E-state index contributed by atoms with van der Waals surface area (Å²) in [6.07, 6.45) is 3.53. The fourth-order valence-electron chi connectivity index (χ4n) is 2.60. The van der Waals surface area contributed by atoms with Crippen molar-refractivity contribution in [3.05, 3.63) is 12.2 Å². The fourth-order valence-corrected chi connectivity index (χ4v) is 2.60. The van der Waals surface area contributed by atoms with Crippen molar-refractivity contribution in [3.8, 4) is 0 Å². The van der Waals surface area contributed by atoms with Gasteiger partial charge in [-0.3, -0.25) is 9.59 Å². The second-order valence-corrected chi connectivity index (χ2v) is 5.79. The van der Waals surface area contributed by atoms with Crippen LogP contribution in [0.25, 0.3) is 0 Å². The molecule has 0 bridgehead atoms. The minimum atomic E-state index is -0.341. The van der Waals surface area contributed by atoms with Crippen molar-refractivity contribution in [2.45, 2.75) is 45.3 Å². The number of nitrogens with zero attached hydrogens (tertiary/aromatic N) is 4. The Balaban J connectivity index is 1.76. The molecule has 1 saturated heterocycles. The number of nitrogens with one attached hydrogen (secondary N) is 1. The van der Waals surface area contributed by atoms with Crippen LogP contribution in [0.1, 0.15) is 38.6 Å². The fraction of sp³-hybridized carbons (Fsp3) is 0.692. The van der Waals surface area contributed by atoms with Crippen LogP contribution in [0, 0.1) is 5.92 Å². The molecule has 0 radical (unpaired) electrons. The zero-order valence-corrected chi connectivity index (χ0v) is 11.7. The maximum absolute atomic E-state index is 12.4. The van der Waals surface area contributed by atoms with E-state index in [1.807, 2.05) is 13.8 Å². The van der Waals surface area contributed by atoms with Crippen molar-refractivity contribution in [3.63, 3.8) is 0 Å². The number of aromatic nitrogens is 3. The van der Waals surface area contributed by atoms with Gasteiger partial charge in [0.1, 0.15) is 24.7 Å². The molecule has 1 aliphatic heterocycles. The third-order valence-corrected chi connectivity index (χ3v) is 3.79. The zero-order chi connectivity index (χ0) is 14.3. The number of rotatable bonds is 4. The van der Waals surface area contributed by atoms with Gasteiger partial charge in [-0.15, -0.1) is 0 Å². The third-order valence-electron chi connectivity index (χ3n) is 3.79. The normalized spacial score (nSPS) is 23.4. The van der Waals surface area contributed by atoms with Crippen LogP contribution in [0.5, 0.6) is 0 Å². The molecule has 2 amide bonds. The maximum Gasteiger partial charge on any atom is 0.246 e. The molecule has 7 heteroatoms. The molecule has 2 heterocycles. The molecule has 108 valence electrons. The van der Waals surface area contributed by atoms with Gasteiger partial charge in [0.05, 0.1) is 6.54 Å². The Bertz CT molecular complexity index is 535. The predicted octanol–water partition coefficient (Wildman–Crippen LogP) is 0.0960.